The number of nitrogens with zero attached hydrogens (tertiary/aromatic N) is 4. The van der Waals surface area contributed by atoms with E-state index in [2.05, 4.69) is 21.5 Å². The lowest BCUT2D eigenvalue weighted by Crippen LogP contribution is -2.52. The molecule has 0 radical (unpaired) electrons. The number of carbonyl (C=O) groups is 6. The van der Waals surface area contributed by atoms with Crippen LogP contribution in [0.25, 0.3) is 0 Å². The number of hydrogen-bond donors (Lipinski definition) is 9. The van der Waals surface area contributed by atoms with Crippen LogP contribution in [0.4, 0.5) is 5.69 Å². The van der Waals surface area contributed by atoms with Crippen LogP contribution < -0.4 is 21.5 Å². The second-order valence-corrected chi connectivity index (χ2v) is 11.9. The van der Waals surface area contributed by atoms with Gasteiger partial charge >= 0.3 is 25.0 Å². The first-order chi connectivity index (χ1) is 23.7. The van der Waals surface area contributed by atoms with Crippen LogP contribution in [0.15, 0.2) is 24.3 Å². The van der Waals surface area contributed by atoms with E-state index in [9.17, 15) is 49.0 Å². The van der Waals surface area contributed by atoms with E-state index in [1.54, 1.807) is 26.8 Å². The average molecular weight is 709 g/mol. The van der Waals surface area contributed by atoms with Crippen molar-refractivity contribution >= 4 is 48.4 Å². The Morgan fingerprint density at radius 3 is 2.00 bits per heavy atom. The summed E-state index contributed by atoms with van der Waals surface area (Å²) in [6.07, 6.45) is 1.08. The van der Waals surface area contributed by atoms with Crippen molar-refractivity contribution < 1.29 is 54.1 Å². The lowest BCUT2D eigenvalue weighted by atomic mass is 9.78. The van der Waals surface area contributed by atoms with E-state index < -0.39 is 54.7 Å². The van der Waals surface area contributed by atoms with Gasteiger partial charge in [0, 0.05) is 51.4 Å². The van der Waals surface area contributed by atoms with Crippen LogP contribution in [0.2, 0.25) is 0 Å². The highest BCUT2D eigenvalue weighted by Crippen LogP contribution is 2.19. The van der Waals surface area contributed by atoms with Crippen LogP contribution in [-0.4, -0.2) is 178 Å². The summed E-state index contributed by atoms with van der Waals surface area (Å²) >= 11 is 0. The molecule has 0 spiro atoms. The highest BCUT2D eigenvalue weighted by atomic mass is 16.4. The Morgan fingerprint density at radius 2 is 1.44 bits per heavy atom. The fraction of sp³-hybridized carbons (Fsp3) is 0.600. The van der Waals surface area contributed by atoms with E-state index in [4.69, 9.17) is 5.11 Å². The van der Waals surface area contributed by atoms with Gasteiger partial charge in [-0.1, -0.05) is 6.92 Å². The van der Waals surface area contributed by atoms with E-state index in [0.717, 1.165) is 0 Å². The number of carboxylic acids is 3. The molecule has 3 amide bonds. The van der Waals surface area contributed by atoms with Gasteiger partial charge in [0.2, 0.25) is 5.91 Å². The van der Waals surface area contributed by atoms with Crippen LogP contribution >= 0.6 is 0 Å². The Bertz CT molecular complexity index is 1290. The fourth-order valence-corrected chi connectivity index (χ4v) is 5.33. The van der Waals surface area contributed by atoms with E-state index in [1.807, 2.05) is 6.92 Å². The first kappa shape index (κ1) is 41.8. The molecular formula is C30H49BN8O11. The molecule has 19 nitrogen and oxygen atoms in total. The maximum absolute atomic E-state index is 12.9. The molecule has 0 aliphatic carbocycles. The molecule has 1 saturated heterocycles. The number of anilines is 1. The maximum Gasteiger partial charge on any atom is 0.475 e. The Morgan fingerprint density at radius 1 is 0.860 bits per heavy atom. The number of likely N-dealkylation sites (tertiary alicyclic amines) is 1. The van der Waals surface area contributed by atoms with E-state index >= 15 is 0 Å². The summed E-state index contributed by atoms with van der Waals surface area (Å²) in [5.74, 6) is -5.20. The minimum atomic E-state index is -1.66. The van der Waals surface area contributed by atoms with Gasteiger partial charge in [-0.3, -0.25) is 54.3 Å². The summed E-state index contributed by atoms with van der Waals surface area (Å²) in [6.45, 7) is 4.89. The van der Waals surface area contributed by atoms with E-state index in [-0.39, 0.29) is 57.9 Å². The number of hydrogen-bond acceptors (Lipinski definition) is 13. The molecule has 278 valence electrons. The van der Waals surface area contributed by atoms with Crippen LogP contribution in [0, 0.1) is 0 Å². The number of hydrazine groups is 1. The number of aliphatic carboxylic acids is 3. The summed E-state index contributed by atoms with van der Waals surface area (Å²) in [7, 11) is -1.66. The molecule has 0 aromatic heterocycles. The van der Waals surface area contributed by atoms with Crippen molar-refractivity contribution in [2.75, 3.05) is 84.0 Å². The first-order valence-corrected chi connectivity index (χ1v) is 16.4. The molecule has 1 aliphatic rings. The molecule has 50 heavy (non-hydrogen) atoms. The molecule has 0 saturated carbocycles. The summed E-state index contributed by atoms with van der Waals surface area (Å²) in [6, 6.07) is 5.18. The largest absolute Gasteiger partial charge is 0.480 e. The number of nitrogens with one attached hydrogen (secondary N) is 4. The normalized spacial score (nSPS) is 14.9. The molecule has 2 rings (SSSR count). The molecular weight excluding hydrogens is 659 g/mol. The molecule has 0 unspecified atom stereocenters. The van der Waals surface area contributed by atoms with Crippen molar-refractivity contribution in [1.29, 1.82) is 0 Å². The Balaban J connectivity index is 1.96. The highest BCUT2D eigenvalue weighted by molar-refractivity contribution is 6.43. The predicted molar refractivity (Wildman–Crippen MR) is 181 cm³/mol. The van der Waals surface area contributed by atoms with Gasteiger partial charge in [-0.05, 0) is 50.6 Å². The molecule has 1 aromatic rings. The van der Waals surface area contributed by atoms with Crippen molar-refractivity contribution in [2.45, 2.75) is 38.7 Å². The number of likely N-dealkylation sites (N-methyl/N-ethyl adjacent to an activating group) is 1. The third-order valence-electron chi connectivity index (χ3n) is 8.02. The highest BCUT2D eigenvalue weighted by Gasteiger charge is 2.38. The summed E-state index contributed by atoms with van der Waals surface area (Å²) in [5, 5.41) is 51.7. The van der Waals surface area contributed by atoms with Crippen molar-refractivity contribution in [1.82, 2.24) is 35.7 Å². The number of amides is 3. The minimum Gasteiger partial charge on any atom is -0.480 e. The molecule has 1 heterocycles. The first-order valence-electron chi connectivity index (χ1n) is 16.4. The van der Waals surface area contributed by atoms with Crippen LogP contribution in [0.5, 0.6) is 0 Å². The fourth-order valence-electron chi connectivity index (χ4n) is 5.33. The lowest BCUT2D eigenvalue weighted by Gasteiger charge is -2.28. The lowest BCUT2D eigenvalue weighted by molar-refractivity contribution is -0.139. The zero-order valence-electron chi connectivity index (χ0n) is 28.4. The van der Waals surface area contributed by atoms with Crippen molar-refractivity contribution in [2.24, 2.45) is 0 Å². The van der Waals surface area contributed by atoms with Gasteiger partial charge in [0.1, 0.15) is 6.04 Å². The summed E-state index contributed by atoms with van der Waals surface area (Å²) in [4.78, 5) is 78.3. The second kappa shape index (κ2) is 21.7. The maximum atomic E-state index is 12.9. The van der Waals surface area contributed by atoms with Gasteiger partial charge in [0.05, 0.1) is 37.8 Å². The molecule has 1 fully saturated rings. The average Bonchev–Trinajstić information content (AvgIpc) is 3.56. The quantitative estimate of drug-likeness (QED) is 0.0295. The molecule has 2 atom stereocenters. The van der Waals surface area contributed by atoms with E-state index in [0.29, 0.717) is 44.7 Å². The molecule has 1 aromatic carbocycles. The topological polar surface area (TPSA) is 265 Å². The van der Waals surface area contributed by atoms with Gasteiger partial charge in [0.15, 0.2) is 0 Å². The minimum absolute atomic E-state index is 0.118. The van der Waals surface area contributed by atoms with Gasteiger partial charge in [-0.25, -0.2) is 0 Å². The predicted octanol–water partition coefficient (Wildman–Crippen LogP) is -2.98. The van der Waals surface area contributed by atoms with Crippen molar-refractivity contribution in [3.63, 3.8) is 0 Å². The number of carboxylic acid groups (broad SMARTS) is 3. The smallest absolute Gasteiger partial charge is 0.475 e. The van der Waals surface area contributed by atoms with Gasteiger partial charge in [-0.2, -0.15) is 0 Å². The Hall–Kier alpha value is -4.34. The zero-order chi connectivity index (χ0) is 37.2. The third kappa shape index (κ3) is 15.5. The zero-order valence-corrected chi connectivity index (χ0v) is 28.4. The SMILES string of the molecule is CCN(CCN(CCN(CCNCC(=O)O)CC(=O)O)CC(=O)NNc1ccc(C(=O)N[C@H](C)C(=O)N2CCC[C@H]2B(O)O)cc1)CC(=O)O. The van der Waals surface area contributed by atoms with Crippen LogP contribution in [0.3, 0.4) is 0 Å². The van der Waals surface area contributed by atoms with Gasteiger partial charge in [0.25, 0.3) is 11.8 Å². The molecule has 1 aliphatic heterocycles. The second-order valence-electron chi connectivity index (χ2n) is 11.9. The van der Waals surface area contributed by atoms with E-state index in [1.165, 1.54) is 24.0 Å². The number of benzene rings is 1. The Kier molecular flexibility index (Phi) is 18.1. The number of rotatable bonds is 24. The standard InChI is InChI=1S/C30H49BN8O11/c1-3-36(19-27(43)44)13-14-38(16-15-37(20-28(45)46)12-10-32-17-26(41)42)18-25(40)35-34-23-8-6-22(7-9-23)29(47)33-21(2)30(48)39-11-4-5-24(39)31(49)50/h6-9,21,24,32,34,49-50H,3-5,10-20H2,1-2H3,(H,33,47)(H,35,40)(H,41,42)(H,43,44)(H,45,46)/t21-,24+/m1/s1. The van der Waals surface area contributed by atoms with Crippen molar-refractivity contribution in [3.8, 4) is 0 Å². The number of carbonyl (C=O) groups excluding carboxylic acids is 3. The Labute approximate surface area is 290 Å². The van der Waals surface area contributed by atoms with Gasteiger partial charge < -0.3 is 40.9 Å². The summed E-state index contributed by atoms with van der Waals surface area (Å²) < 4.78 is 0. The third-order valence-corrected chi connectivity index (χ3v) is 8.02. The van der Waals surface area contributed by atoms with Crippen molar-refractivity contribution in [3.05, 3.63) is 29.8 Å². The summed E-state index contributed by atoms with van der Waals surface area (Å²) in [5.41, 5.74) is 6.03. The molecule has 0 bridgehead atoms. The van der Waals surface area contributed by atoms with Crippen LogP contribution in [-0.2, 0) is 24.0 Å². The monoisotopic (exact) mass is 708 g/mol. The molecule has 20 heteroatoms. The van der Waals surface area contributed by atoms with Crippen LogP contribution in [0.1, 0.15) is 37.0 Å². The van der Waals surface area contributed by atoms with Gasteiger partial charge in [-0.15, -0.1) is 0 Å². The molecule has 9 N–H and O–H groups in total.